The molecular formula is C22H27F3N4O3S. The van der Waals surface area contributed by atoms with Gasteiger partial charge in [0.1, 0.15) is 0 Å². The summed E-state index contributed by atoms with van der Waals surface area (Å²) in [5, 5.41) is 7.16. The Kier molecular flexibility index (Phi) is 6.96. The van der Waals surface area contributed by atoms with Gasteiger partial charge in [0, 0.05) is 72.1 Å². The van der Waals surface area contributed by atoms with Crippen LogP contribution in [-0.2, 0) is 17.0 Å². The normalized spacial score (nSPS) is 22.4. The number of piperidine rings is 1. The molecule has 0 radical (unpaired) electrons. The standard InChI is InChI=1S/C22H27F3N4O3S/c1-2-32-20-12-19(26-27-20)17-11-16(15-3-5-18(6-4-15)22(23,24)25)13-29(14-17)21(30)28-7-9-33(31)10-8-28/h3-6,12,16-17H,2,7-11,13-14H2,1H3,(H,26,27). The molecule has 1 aromatic heterocycles. The van der Waals surface area contributed by atoms with Crippen molar-refractivity contribution in [2.24, 2.45) is 0 Å². The third-order valence-corrected chi connectivity index (χ3v) is 7.46. The summed E-state index contributed by atoms with van der Waals surface area (Å²) in [6, 6.07) is 6.87. The number of H-pyrrole nitrogens is 1. The first kappa shape index (κ1) is 23.6. The molecule has 2 fully saturated rings. The van der Waals surface area contributed by atoms with Crippen LogP contribution in [0.2, 0.25) is 0 Å². The second kappa shape index (κ2) is 9.74. The SMILES string of the molecule is CCOc1cc(C2CC(c3ccc(C(F)(F)F)cc3)CN(C(=O)N3CCS(=O)CC3)C2)[nH]n1. The molecule has 2 amide bonds. The molecule has 33 heavy (non-hydrogen) atoms. The number of hydrogen-bond acceptors (Lipinski definition) is 4. The van der Waals surface area contributed by atoms with Crippen LogP contribution < -0.4 is 4.74 Å². The van der Waals surface area contributed by atoms with E-state index in [0.29, 0.717) is 56.6 Å². The van der Waals surface area contributed by atoms with Crippen LogP contribution in [0.1, 0.15) is 42.0 Å². The van der Waals surface area contributed by atoms with Crippen LogP contribution >= 0.6 is 0 Å². The maximum atomic E-state index is 13.3. The zero-order valence-corrected chi connectivity index (χ0v) is 19.1. The van der Waals surface area contributed by atoms with Crippen molar-refractivity contribution in [1.82, 2.24) is 20.0 Å². The van der Waals surface area contributed by atoms with Crippen LogP contribution in [0.3, 0.4) is 0 Å². The molecule has 0 spiro atoms. The highest BCUT2D eigenvalue weighted by atomic mass is 32.2. The molecule has 2 aliphatic rings. The molecule has 2 unspecified atom stereocenters. The number of hydrogen-bond donors (Lipinski definition) is 1. The average Bonchev–Trinajstić information content (AvgIpc) is 3.27. The Labute approximate surface area is 192 Å². The number of benzene rings is 1. The van der Waals surface area contributed by atoms with Crippen molar-refractivity contribution in [2.75, 3.05) is 44.3 Å². The predicted octanol–water partition coefficient (Wildman–Crippen LogP) is 3.58. The topological polar surface area (TPSA) is 78.5 Å². The number of halogens is 3. The lowest BCUT2D eigenvalue weighted by atomic mass is 9.83. The van der Waals surface area contributed by atoms with E-state index >= 15 is 0 Å². The van der Waals surface area contributed by atoms with E-state index < -0.39 is 22.5 Å². The predicted molar refractivity (Wildman–Crippen MR) is 118 cm³/mol. The first-order chi connectivity index (χ1) is 15.7. The van der Waals surface area contributed by atoms with E-state index in [-0.39, 0.29) is 17.9 Å². The third kappa shape index (κ3) is 5.51. The van der Waals surface area contributed by atoms with E-state index in [0.717, 1.165) is 23.4 Å². The summed E-state index contributed by atoms with van der Waals surface area (Å²) in [5.41, 5.74) is 0.894. The van der Waals surface area contributed by atoms with Crippen molar-refractivity contribution < 1.29 is 26.9 Å². The molecule has 4 rings (SSSR count). The second-order valence-corrected chi connectivity index (χ2v) is 10.1. The first-order valence-corrected chi connectivity index (χ1v) is 12.5. The molecule has 2 aromatic rings. The lowest BCUT2D eigenvalue weighted by Crippen LogP contribution is -2.52. The number of likely N-dealkylation sites (tertiary alicyclic amines) is 1. The minimum atomic E-state index is -4.39. The number of amides is 2. The van der Waals surface area contributed by atoms with Crippen molar-refractivity contribution in [1.29, 1.82) is 0 Å². The third-order valence-electron chi connectivity index (χ3n) is 6.19. The average molecular weight is 485 g/mol. The van der Waals surface area contributed by atoms with E-state index in [1.807, 2.05) is 13.0 Å². The highest BCUT2D eigenvalue weighted by Crippen LogP contribution is 2.37. The van der Waals surface area contributed by atoms with E-state index in [9.17, 15) is 22.2 Å². The Hall–Kier alpha value is -2.56. The van der Waals surface area contributed by atoms with Crippen LogP contribution in [0.5, 0.6) is 5.88 Å². The highest BCUT2D eigenvalue weighted by Gasteiger charge is 2.36. The van der Waals surface area contributed by atoms with Crippen LogP contribution in [0.15, 0.2) is 30.3 Å². The second-order valence-electron chi connectivity index (χ2n) is 8.37. The van der Waals surface area contributed by atoms with E-state index in [4.69, 9.17) is 4.74 Å². The molecule has 2 atom stereocenters. The molecule has 1 N–H and O–H groups in total. The van der Waals surface area contributed by atoms with E-state index in [2.05, 4.69) is 10.2 Å². The van der Waals surface area contributed by atoms with Crippen LogP contribution in [0, 0.1) is 0 Å². The van der Waals surface area contributed by atoms with Gasteiger partial charge in [0.25, 0.3) is 0 Å². The number of rotatable bonds is 4. The van der Waals surface area contributed by atoms with Gasteiger partial charge in [0.05, 0.1) is 12.2 Å². The van der Waals surface area contributed by atoms with Crippen molar-refractivity contribution >= 4 is 16.8 Å². The van der Waals surface area contributed by atoms with Crippen molar-refractivity contribution in [3.8, 4) is 5.88 Å². The number of aromatic amines is 1. The van der Waals surface area contributed by atoms with Gasteiger partial charge < -0.3 is 14.5 Å². The number of aromatic nitrogens is 2. The van der Waals surface area contributed by atoms with Gasteiger partial charge in [-0.3, -0.25) is 9.31 Å². The lowest BCUT2D eigenvalue weighted by molar-refractivity contribution is -0.137. The number of carbonyl (C=O) groups excluding carboxylic acids is 1. The maximum absolute atomic E-state index is 13.3. The maximum Gasteiger partial charge on any atom is 0.416 e. The van der Waals surface area contributed by atoms with Gasteiger partial charge in [-0.25, -0.2) is 4.79 Å². The fourth-order valence-electron chi connectivity index (χ4n) is 4.44. The largest absolute Gasteiger partial charge is 0.477 e. The van der Waals surface area contributed by atoms with Crippen molar-refractivity contribution in [3.05, 3.63) is 47.2 Å². The molecular weight excluding hydrogens is 457 g/mol. The van der Waals surface area contributed by atoms with Gasteiger partial charge >= 0.3 is 12.2 Å². The summed E-state index contributed by atoms with van der Waals surface area (Å²) in [5.74, 6) is 1.19. The van der Waals surface area contributed by atoms with Crippen LogP contribution in [0.4, 0.5) is 18.0 Å². The molecule has 0 bridgehead atoms. The fraction of sp³-hybridized carbons (Fsp3) is 0.545. The molecule has 0 aliphatic carbocycles. The molecule has 2 saturated heterocycles. The Morgan fingerprint density at radius 1 is 1.15 bits per heavy atom. The zero-order chi connectivity index (χ0) is 23.6. The minimum Gasteiger partial charge on any atom is -0.477 e. The van der Waals surface area contributed by atoms with E-state index in [1.165, 1.54) is 12.1 Å². The van der Waals surface area contributed by atoms with Gasteiger partial charge in [-0.05, 0) is 31.0 Å². The molecule has 7 nitrogen and oxygen atoms in total. The molecule has 2 aliphatic heterocycles. The Bertz CT molecular complexity index is 986. The molecule has 0 saturated carbocycles. The Balaban J connectivity index is 1.57. The van der Waals surface area contributed by atoms with Gasteiger partial charge in [0.15, 0.2) is 0 Å². The van der Waals surface area contributed by atoms with Gasteiger partial charge in [-0.15, -0.1) is 5.10 Å². The lowest BCUT2D eigenvalue weighted by Gasteiger charge is -2.40. The number of urea groups is 1. The molecule has 3 heterocycles. The summed E-state index contributed by atoms with van der Waals surface area (Å²) in [7, 11) is -0.896. The zero-order valence-electron chi connectivity index (χ0n) is 18.3. The number of nitrogens with one attached hydrogen (secondary N) is 1. The smallest absolute Gasteiger partial charge is 0.416 e. The van der Waals surface area contributed by atoms with Crippen LogP contribution in [-0.4, -0.2) is 74.5 Å². The minimum absolute atomic E-state index is 0.0735. The van der Waals surface area contributed by atoms with Crippen molar-refractivity contribution in [3.63, 3.8) is 0 Å². The highest BCUT2D eigenvalue weighted by molar-refractivity contribution is 7.85. The quantitative estimate of drug-likeness (QED) is 0.720. The Morgan fingerprint density at radius 2 is 1.82 bits per heavy atom. The van der Waals surface area contributed by atoms with Crippen LogP contribution in [0.25, 0.3) is 0 Å². The van der Waals surface area contributed by atoms with Gasteiger partial charge in [0.2, 0.25) is 5.88 Å². The number of ether oxygens (including phenoxy) is 1. The summed E-state index contributed by atoms with van der Waals surface area (Å²) in [6.45, 7) is 4.09. The van der Waals surface area contributed by atoms with Gasteiger partial charge in [-0.1, -0.05) is 12.1 Å². The summed E-state index contributed by atoms with van der Waals surface area (Å²) in [4.78, 5) is 16.7. The molecule has 1 aromatic carbocycles. The summed E-state index contributed by atoms with van der Waals surface area (Å²) in [6.07, 6.45) is -3.73. The van der Waals surface area contributed by atoms with E-state index in [1.54, 1.807) is 9.80 Å². The van der Waals surface area contributed by atoms with Crippen molar-refractivity contribution in [2.45, 2.75) is 31.4 Å². The Morgan fingerprint density at radius 3 is 2.45 bits per heavy atom. The monoisotopic (exact) mass is 484 g/mol. The number of carbonyl (C=O) groups is 1. The first-order valence-electron chi connectivity index (χ1n) is 11.0. The van der Waals surface area contributed by atoms with Gasteiger partial charge in [-0.2, -0.15) is 13.2 Å². The summed E-state index contributed by atoms with van der Waals surface area (Å²) < 4.78 is 56.2. The molecule has 11 heteroatoms. The number of alkyl halides is 3. The fourth-order valence-corrected chi connectivity index (χ4v) is 5.50. The number of nitrogens with zero attached hydrogens (tertiary/aromatic N) is 3. The molecule has 180 valence electrons. The summed E-state index contributed by atoms with van der Waals surface area (Å²) >= 11 is 0.